The van der Waals surface area contributed by atoms with Gasteiger partial charge in [-0.2, -0.15) is 0 Å². The summed E-state index contributed by atoms with van der Waals surface area (Å²) in [6.07, 6.45) is 0.342. The van der Waals surface area contributed by atoms with Crippen molar-refractivity contribution in [1.82, 2.24) is 4.90 Å². The number of hydrogen-bond acceptors (Lipinski definition) is 4. The van der Waals surface area contributed by atoms with Crippen molar-refractivity contribution in [2.45, 2.75) is 26.0 Å². The lowest BCUT2D eigenvalue weighted by Crippen LogP contribution is -2.43. The summed E-state index contributed by atoms with van der Waals surface area (Å²) in [6.45, 7) is 3.38. The highest BCUT2D eigenvalue weighted by Gasteiger charge is 2.26. The standard InChI is InChI=1S/C19H19NO4/c1-13(24-16-6-7-17-18(10-16)23-12-22-17)19(21)20-9-8-14-4-2-3-5-15(14)11-20/h2-7,10,13H,8-9,11-12H2,1H3. The van der Waals surface area contributed by atoms with E-state index in [4.69, 9.17) is 14.2 Å². The van der Waals surface area contributed by atoms with Gasteiger partial charge in [-0.15, -0.1) is 0 Å². The summed E-state index contributed by atoms with van der Waals surface area (Å²) in [5, 5.41) is 0. The van der Waals surface area contributed by atoms with Gasteiger partial charge < -0.3 is 19.1 Å². The van der Waals surface area contributed by atoms with Gasteiger partial charge in [0.05, 0.1) is 0 Å². The van der Waals surface area contributed by atoms with Crippen molar-refractivity contribution in [3.63, 3.8) is 0 Å². The fourth-order valence-electron chi connectivity index (χ4n) is 3.15. The van der Waals surface area contributed by atoms with E-state index >= 15 is 0 Å². The van der Waals surface area contributed by atoms with Gasteiger partial charge in [-0.05, 0) is 36.6 Å². The second kappa shape index (κ2) is 6.07. The van der Waals surface area contributed by atoms with Crippen LogP contribution in [0.25, 0.3) is 0 Å². The summed E-state index contributed by atoms with van der Waals surface area (Å²) in [5.74, 6) is 1.97. The zero-order valence-electron chi connectivity index (χ0n) is 13.5. The topological polar surface area (TPSA) is 48.0 Å². The Morgan fingerprint density at radius 1 is 1.12 bits per heavy atom. The molecule has 0 aliphatic carbocycles. The summed E-state index contributed by atoms with van der Waals surface area (Å²) in [6, 6.07) is 13.6. The van der Waals surface area contributed by atoms with Gasteiger partial charge >= 0.3 is 0 Å². The molecule has 2 aromatic rings. The molecule has 0 saturated heterocycles. The monoisotopic (exact) mass is 325 g/mol. The Kier molecular flexibility index (Phi) is 3.76. The lowest BCUT2D eigenvalue weighted by molar-refractivity contribution is -0.138. The van der Waals surface area contributed by atoms with Crippen LogP contribution in [-0.4, -0.2) is 30.2 Å². The zero-order chi connectivity index (χ0) is 16.5. The molecule has 0 N–H and O–H groups in total. The average molecular weight is 325 g/mol. The summed E-state index contributed by atoms with van der Waals surface area (Å²) >= 11 is 0. The molecular formula is C19H19NO4. The number of carbonyl (C=O) groups is 1. The number of rotatable bonds is 3. The maximum absolute atomic E-state index is 12.7. The SMILES string of the molecule is CC(Oc1ccc2c(c1)OCO2)C(=O)N1CCc2ccccc2C1. The van der Waals surface area contributed by atoms with Gasteiger partial charge in [0.1, 0.15) is 5.75 Å². The Morgan fingerprint density at radius 2 is 1.92 bits per heavy atom. The first-order chi connectivity index (χ1) is 11.7. The molecule has 2 aliphatic rings. The molecule has 2 heterocycles. The lowest BCUT2D eigenvalue weighted by Gasteiger charge is -2.31. The van der Waals surface area contributed by atoms with Crippen molar-refractivity contribution < 1.29 is 19.0 Å². The van der Waals surface area contributed by atoms with Crippen LogP contribution in [0.5, 0.6) is 17.2 Å². The van der Waals surface area contributed by atoms with Crippen LogP contribution < -0.4 is 14.2 Å². The molecule has 5 heteroatoms. The average Bonchev–Trinajstić information content (AvgIpc) is 3.08. The molecule has 0 spiro atoms. The fraction of sp³-hybridized carbons (Fsp3) is 0.316. The summed E-state index contributed by atoms with van der Waals surface area (Å²) in [4.78, 5) is 14.6. The van der Waals surface area contributed by atoms with Gasteiger partial charge in [-0.25, -0.2) is 0 Å². The molecule has 24 heavy (non-hydrogen) atoms. The third-order valence-electron chi connectivity index (χ3n) is 4.45. The zero-order valence-corrected chi connectivity index (χ0v) is 13.5. The third kappa shape index (κ3) is 2.77. The van der Waals surface area contributed by atoms with E-state index in [1.54, 1.807) is 25.1 Å². The van der Waals surface area contributed by atoms with Gasteiger partial charge in [0.2, 0.25) is 6.79 Å². The first-order valence-electron chi connectivity index (χ1n) is 8.12. The van der Waals surface area contributed by atoms with Crippen LogP contribution in [0.3, 0.4) is 0 Å². The van der Waals surface area contributed by atoms with Crippen molar-refractivity contribution in [2.75, 3.05) is 13.3 Å². The second-order valence-corrected chi connectivity index (χ2v) is 6.05. The fourth-order valence-corrected chi connectivity index (χ4v) is 3.15. The Hall–Kier alpha value is -2.69. The first kappa shape index (κ1) is 14.9. The summed E-state index contributed by atoms with van der Waals surface area (Å²) in [5.41, 5.74) is 2.54. The van der Waals surface area contributed by atoms with Crippen molar-refractivity contribution in [3.05, 3.63) is 53.6 Å². The number of amides is 1. The molecular weight excluding hydrogens is 306 g/mol. The van der Waals surface area contributed by atoms with E-state index in [9.17, 15) is 4.79 Å². The predicted molar refractivity (Wildman–Crippen MR) is 88.2 cm³/mol. The van der Waals surface area contributed by atoms with Crippen LogP contribution >= 0.6 is 0 Å². The molecule has 0 bridgehead atoms. The van der Waals surface area contributed by atoms with Crippen molar-refractivity contribution in [2.24, 2.45) is 0 Å². The molecule has 0 saturated carbocycles. The maximum Gasteiger partial charge on any atom is 0.263 e. The molecule has 0 radical (unpaired) electrons. The van der Waals surface area contributed by atoms with E-state index in [2.05, 4.69) is 12.1 Å². The Bertz CT molecular complexity index is 774. The molecule has 0 aromatic heterocycles. The van der Waals surface area contributed by atoms with Gasteiger partial charge in [0.15, 0.2) is 17.6 Å². The summed E-state index contributed by atoms with van der Waals surface area (Å²) < 4.78 is 16.4. The van der Waals surface area contributed by atoms with Crippen molar-refractivity contribution >= 4 is 5.91 Å². The molecule has 0 fully saturated rings. The Morgan fingerprint density at radius 3 is 2.79 bits per heavy atom. The van der Waals surface area contributed by atoms with Crippen LogP contribution in [0, 0.1) is 0 Å². The van der Waals surface area contributed by atoms with Gasteiger partial charge in [-0.3, -0.25) is 4.79 Å². The normalized spacial score (nSPS) is 16.5. The van der Waals surface area contributed by atoms with Crippen molar-refractivity contribution in [1.29, 1.82) is 0 Å². The van der Waals surface area contributed by atoms with E-state index in [1.165, 1.54) is 11.1 Å². The minimum absolute atomic E-state index is 0.00201. The molecule has 5 nitrogen and oxygen atoms in total. The van der Waals surface area contributed by atoms with Crippen LogP contribution in [0.2, 0.25) is 0 Å². The van der Waals surface area contributed by atoms with E-state index in [-0.39, 0.29) is 12.7 Å². The number of ether oxygens (including phenoxy) is 3. The van der Waals surface area contributed by atoms with Crippen molar-refractivity contribution in [3.8, 4) is 17.2 Å². The minimum atomic E-state index is -0.546. The van der Waals surface area contributed by atoms with Crippen LogP contribution in [0.1, 0.15) is 18.1 Å². The van der Waals surface area contributed by atoms with E-state index in [0.717, 1.165) is 13.0 Å². The van der Waals surface area contributed by atoms with E-state index < -0.39 is 6.10 Å². The lowest BCUT2D eigenvalue weighted by atomic mass is 9.99. The molecule has 2 aromatic carbocycles. The Balaban J connectivity index is 1.43. The summed E-state index contributed by atoms with van der Waals surface area (Å²) in [7, 11) is 0. The third-order valence-corrected chi connectivity index (χ3v) is 4.45. The number of benzene rings is 2. The quantitative estimate of drug-likeness (QED) is 0.871. The predicted octanol–water partition coefficient (Wildman–Crippen LogP) is 2.77. The maximum atomic E-state index is 12.7. The highest BCUT2D eigenvalue weighted by Crippen LogP contribution is 2.35. The molecule has 1 unspecified atom stereocenters. The molecule has 1 atom stereocenters. The van der Waals surface area contributed by atoms with E-state index in [1.807, 2.05) is 17.0 Å². The van der Waals surface area contributed by atoms with Gasteiger partial charge in [0, 0.05) is 19.2 Å². The van der Waals surface area contributed by atoms with Gasteiger partial charge in [0.25, 0.3) is 5.91 Å². The Labute approximate surface area is 140 Å². The highest BCUT2D eigenvalue weighted by atomic mass is 16.7. The number of hydrogen-bond donors (Lipinski definition) is 0. The van der Waals surface area contributed by atoms with Crippen LogP contribution in [0.15, 0.2) is 42.5 Å². The smallest absolute Gasteiger partial charge is 0.263 e. The first-order valence-corrected chi connectivity index (χ1v) is 8.12. The van der Waals surface area contributed by atoms with Gasteiger partial charge in [-0.1, -0.05) is 24.3 Å². The highest BCUT2D eigenvalue weighted by molar-refractivity contribution is 5.81. The van der Waals surface area contributed by atoms with Crippen LogP contribution in [0.4, 0.5) is 0 Å². The second-order valence-electron chi connectivity index (χ2n) is 6.05. The molecule has 4 rings (SSSR count). The number of fused-ring (bicyclic) bond motifs is 2. The number of nitrogens with zero attached hydrogens (tertiary/aromatic N) is 1. The van der Waals surface area contributed by atoms with E-state index in [0.29, 0.717) is 23.8 Å². The molecule has 2 aliphatic heterocycles. The number of carbonyl (C=O) groups excluding carboxylic acids is 1. The largest absolute Gasteiger partial charge is 0.481 e. The minimum Gasteiger partial charge on any atom is -0.481 e. The molecule has 1 amide bonds. The van der Waals surface area contributed by atoms with Crippen LogP contribution in [-0.2, 0) is 17.8 Å². The molecule has 124 valence electrons.